The monoisotopic (exact) mass is 290 g/mol. The van der Waals surface area contributed by atoms with Gasteiger partial charge in [-0.3, -0.25) is 0 Å². The molecule has 0 aromatic heterocycles. The second-order valence-corrected chi connectivity index (χ2v) is 6.27. The number of benzene rings is 1. The summed E-state index contributed by atoms with van der Waals surface area (Å²) >= 11 is 0. The molecule has 2 rings (SSSR count). The van der Waals surface area contributed by atoms with Crippen molar-refractivity contribution >= 4 is 5.69 Å². The third-order valence-corrected chi connectivity index (χ3v) is 5.11. The molecule has 0 unspecified atom stereocenters. The van der Waals surface area contributed by atoms with E-state index in [2.05, 4.69) is 62.0 Å². The number of anilines is 1. The molecule has 0 bridgehead atoms. The topological polar surface area (TPSA) is 15.7 Å². The van der Waals surface area contributed by atoms with Gasteiger partial charge in [-0.2, -0.15) is 0 Å². The largest absolute Gasteiger partial charge is 0.378 e. The molecule has 3 nitrogen and oxygen atoms in total. The fourth-order valence-corrected chi connectivity index (χ4v) is 3.32. The van der Waals surface area contributed by atoms with E-state index in [1.54, 1.807) is 0 Å². The lowest BCUT2D eigenvalue weighted by atomic mass is 9.84. The molecule has 0 amide bonds. The molecule has 1 aromatic rings. The van der Waals surface area contributed by atoms with Crippen LogP contribution in [0.5, 0.6) is 0 Å². The minimum Gasteiger partial charge on any atom is -0.378 e. The van der Waals surface area contributed by atoms with Crippen molar-refractivity contribution in [1.29, 1.82) is 0 Å². The number of hydrogen-bond donors (Lipinski definition) is 0. The van der Waals surface area contributed by atoms with Crippen LogP contribution in [0.25, 0.3) is 0 Å². The zero-order valence-corrected chi connectivity index (χ0v) is 14.1. The lowest BCUT2D eigenvalue weighted by molar-refractivity contribution is 0.122. The molecule has 0 spiro atoms. The van der Waals surface area contributed by atoms with Crippen molar-refractivity contribution in [2.24, 2.45) is 0 Å². The van der Waals surface area contributed by atoms with Crippen LogP contribution in [0, 0.1) is 0 Å². The summed E-state index contributed by atoms with van der Waals surface area (Å²) in [5.74, 6) is 0. The van der Waals surface area contributed by atoms with Crippen LogP contribution in [-0.4, -0.2) is 50.8 Å². The Morgan fingerprint density at radius 2 is 1.62 bits per heavy atom. The summed E-state index contributed by atoms with van der Waals surface area (Å²) in [6.45, 7) is 8.29. The van der Waals surface area contributed by atoms with Gasteiger partial charge < -0.3 is 14.5 Å². The molecule has 1 saturated heterocycles. The maximum absolute atomic E-state index is 5.42. The quantitative estimate of drug-likeness (QED) is 0.800. The van der Waals surface area contributed by atoms with Crippen LogP contribution in [0.4, 0.5) is 5.69 Å². The normalized spacial score (nSPS) is 16.5. The van der Waals surface area contributed by atoms with Gasteiger partial charge in [0.25, 0.3) is 0 Å². The van der Waals surface area contributed by atoms with Crippen molar-refractivity contribution in [2.45, 2.75) is 38.6 Å². The highest BCUT2D eigenvalue weighted by Gasteiger charge is 2.28. The van der Waals surface area contributed by atoms with Crippen molar-refractivity contribution in [3.63, 3.8) is 0 Å². The summed E-state index contributed by atoms with van der Waals surface area (Å²) in [4.78, 5) is 4.80. The van der Waals surface area contributed by atoms with E-state index in [1.807, 2.05) is 0 Å². The van der Waals surface area contributed by atoms with Gasteiger partial charge in [-0.1, -0.05) is 26.0 Å². The van der Waals surface area contributed by atoms with Crippen molar-refractivity contribution in [2.75, 3.05) is 45.3 Å². The van der Waals surface area contributed by atoms with Gasteiger partial charge in [0.1, 0.15) is 0 Å². The smallest absolute Gasteiger partial charge is 0.0642 e. The summed E-state index contributed by atoms with van der Waals surface area (Å²) in [7, 11) is 4.41. The predicted octanol–water partition coefficient (Wildman–Crippen LogP) is 3.19. The zero-order valence-electron chi connectivity index (χ0n) is 14.1. The Bertz CT molecular complexity index is 417. The number of nitrogens with zero attached hydrogens (tertiary/aromatic N) is 2. The van der Waals surface area contributed by atoms with E-state index < -0.39 is 0 Å². The Hall–Kier alpha value is -1.06. The fourth-order valence-electron chi connectivity index (χ4n) is 3.32. The Kier molecular flexibility index (Phi) is 5.65. The van der Waals surface area contributed by atoms with Gasteiger partial charge in [0.15, 0.2) is 0 Å². The third kappa shape index (κ3) is 3.78. The lowest BCUT2D eigenvalue weighted by Crippen LogP contribution is -2.45. The first kappa shape index (κ1) is 16.3. The van der Waals surface area contributed by atoms with Gasteiger partial charge in [0, 0.05) is 24.3 Å². The number of ether oxygens (including phenoxy) is 1. The Balaban J connectivity index is 2.07. The van der Waals surface area contributed by atoms with Gasteiger partial charge in [-0.15, -0.1) is 0 Å². The molecule has 3 heteroatoms. The zero-order chi connectivity index (χ0) is 15.3. The SMILES string of the molecule is CCC(CC)(Cc1ccc(N2CCOCC2)cc1)N(C)C. The minimum atomic E-state index is 0.278. The average Bonchev–Trinajstić information content (AvgIpc) is 2.54. The average molecular weight is 290 g/mol. The Morgan fingerprint density at radius 3 is 2.10 bits per heavy atom. The number of hydrogen-bond acceptors (Lipinski definition) is 3. The van der Waals surface area contributed by atoms with Gasteiger partial charge in [0.2, 0.25) is 0 Å². The molecule has 1 aromatic carbocycles. The minimum absolute atomic E-state index is 0.278. The van der Waals surface area contributed by atoms with E-state index >= 15 is 0 Å². The van der Waals surface area contributed by atoms with E-state index in [0.29, 0.717) is 0 Å². The predicted molar refractivity (Wildman–Crippen MR) is 90.2 cm³/mol. The molecule has 118 valence electrons. The van der Waals surface area contributed by atoms with E-state index in [9.17, 15) is 0 Å². The summed E-state index contributed by atoms with van der Waals surface area (Å²) in [5, 5.41) is 0. The molecule has 0 radical (unpaired) electrons. The third-order valence-electron chi connectivity index (χ3n) is 5.11. The summed E-state index contributed by atoms with van der Waals surface area (Å²) < 4.78 is 5.42. The molecule has 0 atom stereocenters. The molecule has 1 heterocycles. The van der Waals surface area contributed by atoms with E-state index in [-0.39, 0.29) is 5.54 Å². The standard InChI is InChI=1S/C18H30N2O/c1-5-18(6-2,19(3)4)15-16-7-9-17(10-8-16)20-11-13-21-14-12-20/h7-10H,5-6,11-15H2,1-4H3. The van der Waals surface area contributed by atoms with Crippen molar-refractivity contribution in [3.8, 4) is 0 Å². The molecule has 21 heavy (non-hydrogen) atoms. The molecule has 1 fully saturated rings. The highest BCUT2D eigenvalue weighted by Crippen LogP contribution is 2.27. The van der Waals surface area contributed by atoms with Crippen LogP contribution in [0.15, 0.2) is 24.3 Å². The maximum Gasteiger partial charge on any atom is 0.0642 e. The highest BCUT2D eigenvalue weighted by atomic mass is 16.5. The molecule has 0 saturated carbocycles. The summed E-state index contributed by atoms with van der Waals surface area (Å²) in [6.07, 6.45) is 3.49. The van der Waals surface area contributed by atoms with Crippen LogP contribution in [0.3, 0.4) is 0 Å². The fraction of sp³-hybridized carbons (Fsp3) is 0.667. The van der Waals surface area contributed by atoms with Crippen LogP contribution < -0.4 is 4.90 Å². The van der Waals surface area contributed by atoms with Crippen LogP contribution >= 0.6 is 0 Å². The molecule has 0 aliphatic carbocycles. The van der Waals surface area contributed by atoms with Crippen molar-refractivity contribution in [3.05, 3.63) is 29.8 Å². The van der Waals surface area contributed by atoms with Crippen LogP contribution in [0.1, 0.15) is 32.3 Å². The van der Waals surface area contributed by atoms with Gasteiger partial charge in [-0.25, -0.2) is 0 Å². The van der Waals surface area contributed by atoms with Gasteiger partial charge in [0.05, 0.1) is 13.2 Å². The number of morpholine rings is 1. The van der Waals surface area contributed by atoms with E-state index in [0.717, 1.165) is 32.7 Å². The maximum atomic E-state index is 5.42. The summed E-state index contributed by atoms with van der Waals surface area (Å²) in [5.41, 5.74) is 3.04. The number of rotatable bonds is 6. The van der Waals surface area contributed by atoms with Gasteiger partial charge in [-0.05, 0) is 51.1 Å². The van der Waals surface area contributed by atoms with E-state index in [4.69, 9.17) is 4.74 Å². The van der Waals surface area contributed by atoms with Gasteiger partial charge >= 0.3 is 0 Å². The Labute approximate surface area is 129 Å². The molecule has 1 aliphatic heterocycles. The second-order valence-electron chi connectivity index (χ2n) is 6.27. The molecule has 1 aliphatic rings. The number of likely N-dealkylation sites (N-methyl/N-ethyl adjacent to an activating group) is 1. The first-order valence-corrected chi connectivity index (χ1v) is 8.20. The second kappa shape index (κ2) is 7.28. The van der Waals surface area contributed by atoms with Crippen LogP contribution in [-0.2, 0) is 11.2 Å². The molecular weight excluding hydrogens is 260 g/mol. The summed E-state index contributed by atoms with van der Waals surface area (Å²) in [6, 6.07) is 9.14. The first-order valence-electron chi connectivity index (χ1n) is 8.20. The van der Waals surface area contributed by atoms with Crippen molar-refractivity contribution < 1.29 is 4.74 Å². The lowest BCUT2D eigenvalue weighted by Gasteiger charge is -2.39. The van der Waals surface area contributed by atoms with Crippen molar-refractivity contribution in [1.82, 2.24) is 4.90 Å². The molecular formula is C18H30N2O. The van der Waals surface area contributed by atoms with E-state index in [1.165, 1.54) is 24.1 Å². The Morgan fingerprint density at radius 1 is 1.05 bits per heavy atom. The molecule has 0 N–H and O–H groups in total. The highest BCUT2D eigenvalue weighted by molar-refractivity contribution is 5.48. The van der Waals surface area contributed by atoms with Crippen LogP contribution in [0.2, 0.25) is 0 Å². The first-order chi connectivity index (χ1) is 10.1.